The number of oxazole rings is 1. The van der Waals surface area contributed by atoms with Crippen molar-refractivity contribution in [3.05, 3.63) is 128 Å². The molecule has 8 rings (SSSR count). The van der Waals surface area contributed by atoms with Crippen molar-refractivity contribution in [3.63, 3.8) is 0 Å². The van der Waals surface area contributed by atoms with E-state index in [2.05, 4.69) is 58.1 Å². The fraction of sp³-hybridized carbons (Fsp3) is 0. The van der Waals surface area contributed by atoms with Crippen LogP contribution in [0.15, 0.2) is 124 Å². The summed E-state index contributed by atoms with van der Waals surface area (Å²) in [5, 5.41) is 2.24. The molecule has 0 radical (unpaired) electrons. The van der Waals surface area contributed by atoms with Gasteiger partial charge in [-0.3, -0.25) is 4.98 Å². The quantitative estimate of drug-likeness (QED) is 0.173. The van der Waals surface area contributed by atoms with Gasteiger partial charge in [0, 0.05) is 11.7 Å². The van der Waals surface area contributed by atoms with E-state index in [0.29, 0.717) is 11.5 Å². The smallest absolute Gasteiger partial charge is 0.480 e. The van der Waals surface area contributed by atoms with E-state index in [-0.39, 0.29) is 21.1 Å². The molecule has 8 aromatic rings. The molecule has 0 bridgehead atoms. The van der Waals surface area contributed by atoms with E-state index in [1.165, 1.54) is 0 Å². The third kappa shape index (κ3) is 3.90. The van der Waals surface area contributed by atoms with Gasteiger partial charge in [0.2, 0.25) is 0 Å². The molecule has 192 valence electrons. The monoisotopic (exact) mass is 696 g/mol. The summed E-state index contributed by atoms with van der Waals surface area (Å²) in [6.07, 6.45) is 3.46. The Kier molecular flexibility index (Phi) is 5.95. The van der Waals surface area contributed by atoms with Gasteiger partial charge in [-0.2, -0.15) is 0 Å². The number of para-hydroxylation sites is 2. The molecule has 6 heteroatoms. The van der Waals surface area contributed by atoms with Crippen molar-refractivity contribution < 1.29 is 29.9 Å². The molecule has 4 aromatic heterocycles. The van der Waals surface area contributed by atoms with E-state index in [4.69, 9.17) is 13.8 Å². The molecule has 0 atom stereocenters. The second-order valence-corrected chi connectivity index (χ2v) is 9.30. The van der Waals surface area contributed by atoms with Crippen LogP contribution in [-0.2, 0) is 21.1 Å². The number of rotatable bonds is 4. The van der Waals surface area contributed by atoms with E-state index in [1.807, 2.05) is 66.7 Å². The fourth-order valence-electron chi connectivity index (χ4n) is 5.22. The third-order valence-electron chi connectivity index (χ3n) is 6.98. The van der Waals surface area contributed by atoms with Crippen molar-refractivity contribution in [2.75, 3.05) is 0 Å². The minimum Gasteiger partial charge on any atom is -0.480 e. The van der Waals surface area contributed by atoms with Gasteiger partial charge in [-0.05, 0) is 58.7 Å². The number of hydrogen-bond donors (Lipinski definition) is 0. The molecule has 0 unspecified atom stereocenters. The summed E-state index contributed by atoms with van der Waals surface area (Å²) < 4.78 is 14.2. The minimum atomic E-state index is 0. The van der Waals surface area contributed by atoms with Crippen molar-refractivity contribution in [2.24, 2.45) is 0 Å². The Morgan fingerprint density at radius 1 is 0.700 bits per heavy atom. The molecule has 0 spiro atoms. The number of hydrogen-bond acceptors (Lipinski definition) is 4. The first-order valence-corrected chi connectivity index (χ1v) is 12.7. The van der Waals surface area contributed by atoms with Gasteiger partial charge in [0.15, 0.2) is 5.58 Å². The molecular weight excluding hydrogens is 677 g/mol. The molecule has 0 aliphatic heterocycles. The molecule has 40 heavy (non-hydrogen) atoms. The number of nitrogens with zero attached hydrogens (tertiary/aromatic N) is 3. The molecule has 0 aliphatic rings. The average Bonchev–Trinajstić information content (AvgIpc) is 3.75. The van der Waals surface area contributed by atoms with E-state index < -0.39 is 0 Å². The van der Waals surface area contributed by atoms with E-state index in [0.717, 1.165) is 61.2 Å². The maximum absolute atomic E-state index is 6.33. The van der Waals surface area contributed by atoms with Crippen molar-refractivity contribution in [3.8, 4) is 39.7 Å². The van der Waals surface area contributed by atoms with Crippen LogP contribution in [0, 0.1) is 12.1 Å². The molecule has 4 aromatic carbocycles. The summed E-state index contributed by atoms with van der Waals surface area (Å²) in [5.74, 6) is 1.25. The van der Waals surface area contributed by atoms with Crippen LogP contribution in [-0.4, -0.2) is 14.5 Å². The summed E-state index contributed by atoms with van der Waals surface area (Å²) >= 11 is 0. The van der Waals surface area contributed by atoms with Gasteiger partial charge >= 0.3 is 21.1 Å². The van der Waals surface area contributed by atoms with Gasteiger partial charge in [0.25, 0.3) is 0 Å². The van der Waals surface area contributed by atoms with E-state index in [9.17, 15) is 0 Å². The Labute approximate surface area is 244 Å². The first kappa shape index (κ1) is 24.3. The average molecular weight is 697 g/mol. The zero-order valence-corrected chi connectivity index (χ0v) is 23.2. The summed E-state index contributed by atoms with van der Waals surface area (Å²) in [5.41, 5.74) is 7.82. The molecule has 0 saturated heterocycles. The number of benzene rings is 4. The van der Waals surface area contributed by atoms with Crippen LogP contribution >= 0.6 is 0 Å². The number of aromatic nitrogens is 3. The van der Waals surface area contributed by atoms with Gasteiger partial charge in [-0.25, -0.2) is 0 Å². The molecule has 5 nitrogen and oxygen atoms in total. The second kappa shape index (κ2) is 9.78. The van der Waals surface area contributed by atoms with E-state index in [1.54, 1.807) is 12.5 Å². The zero-order chi connectivity index (χ0) is 25.8. The topological polar surface area (TPSA) is 57.0 Å². The second-order valence-electron chi connectivity index (χ2n) is 9.30. The minimum absolute atomic E-state index is 0. The number of furan rings is 1. The molecular formula is C34H19N3O2Pt. The molecule has 0 saturated carbocycles. The number of fused-ring (bicyclic) bond motifs is 4. The summed E-state index contributed by atoms with van der Waals surface area (Å²) in [6, 6.07) is 41.4. The predicted octanol–water partition coefficient (Wildman–Crippen LogP) is 8.51. The Bertz CT molecular complexity index is 2130. The Hall–Kier alpha value is -4.73. The molecule has 0 aliphatic carbocycles. The van der Waals surface area contributed by atoms with Crippen LogP contribution in [0.2, 0.25) is 0 Å². The molecule has 4 heterocycles. The van der Waals surface area contributed by atoms with Crippen LogP contribution in [0.5, 0.6) is 0 Å². The summed E-state index contributed by atoms with van der Waals surface area (Å²) in [4.78, 5) is 9.33. The Balaban J connectivity index is 0.00000264. The fourth-order valence-corrected chi connectivity index (χ4v) is 5.22. The van der Waals surface area contributed by atoms with Gasteiger partial charge in [-0.15, -0.1) is 48.0 Å². The Morgan fingerprint density at radius 3 is 2.48 bits per heavy atom. The molecule has 0 fully saturated rings. The van der Waals surface area contributed by atoms with Crippen molar-refractivity contribution >= 4 is 32.9 Å². The van der Waals surface area contributed by atoms with Crippen molar-refractivity contribution in [2.45, 2.75) is 0 Å². The van der Waals surface area contributed by atoms with E-state index >= 15 is 0 Å². The maximum atomic E-state index is 6.33. The molecule has 0 N–H and O–H groups in total. The van der Waals surface area contributed by atoms with Gasteiger partial charge in [0.05, 0.1) is 17.3 Å². The van der Waals surface area contributed by atoms with Crippen molar-refractivity contribution in [1.29, 1.82) is 0 Å². The van der Waals surface area contributed by atoms with Gasteiger partial charge in [-0.1, -0.05) is 47.3 Å². The SMILES string of the molecule is [Pt+2].[c-]1c(-c2ccccn2)cccc1-n1c2[c-]c(-c3nc4cccc(-c5ccco5)c4o3)ccc2c2ccccc21. The zero-order valence-electron chi connectivity index (χ0n) is 20.9. The number of pyridine rings is 1. The Morgan fingerprint density at radius 2 is 1.60 bits per heavy atom. The largest absolute Gasteiger partial charge is 2.00 e. The van der Waals surface area contributed by atoms with Crippen molar-refractivity contribution in [1.82, 2.24) is 14.5 Å². The summed E-state index contributed by atoms with van der Waals surface area (Å²) in [6.45, 7) is 0. The predicted molar refractivity (Wildman–Crippen MR) is 152 cm³/mol. The van der Waals surface area contributed by atoms with Gasteiger partial charge in [0.1, 0.15) is 11.7 Å². The van der Waals surface area contributed by atoms with Crippen LogP contribution in [0.1, 0.15) is 0 Å². The van der Waals surface area contributed by atoms with Crippen LogP contribution in [0.25, 0.3) is 72.6 Å². The van der Waals surface area contributed by atoms with Gasteiger partial charge < -0.3 is 18.4 Å². The normalized spacial score (nSPS) is 11.3. The van der Waals surface area contributed by atoms with Crippen LogP contribution in [0.4, 0.5) is 0 Å². The molecule has 0 amide bonds. The third-order valence-corrected chi connectivity index (χ3v) is 6.98. The maximum Gasteiger partial charge on any atom is 2.00 e. The van der Waals surface area contributed by atoms with Crippen LogP contribution in [0.3, 0.4) is 0 Å². The summed E-state index contributed by atoms with van der Waals surface area (Å²) in [7, 11) is 0. The standard InChI is InChI=1S/C34H19N3O2.Pt/c1-2-14-30-25(10-1)26-17-16-23(34-36-29-13-6-11-27(33(29)39-34)32-15-7-19-38-32)21-31(26)37(30)24-9-5-8-22(20-24)28-12-3-4-18-35-28;/h1-19H;/q-2;+2. The van der Waals surface area contributed by atoms with Crippen LogP contribution < -0.4 is 0 Å². The first-order chi connectivity index (χ1) is 19.3. The first-order valence-electron chi connectivity index (χ1n) is 12.7.